The number of ether oxygens (including phenoxy) is 1. The number of methoxy groups -OCH3 is 1. The molecule has 1 heterocycles. The molecule has 1 aromatic heterocycles. The summed E-state index contributed by atoms with van der Waals surface area (Å²) in [6.07, 6.45) is 4.19. The van der Waals surface area contributed by atoms with Gasteiger partial charge >= 0.3 is 0 Å². The first-order valence-electron chi connectivity index (χ1n) is 11.2. The smallest absolute Gasteiger partial charge is 0.242 e. The molecule has 0 aliphatic rings. The molecule has 0 saturated carbocycles. The summed E-state index contributed by atoms with van der Waals surface area (Å²) >= 11 is 1.67. The second-order valence-corrected chi connectivity index (χ2v) is 8.88. The van der Waals surface area contributed by atoms with E-state index in [1.807, 2.05) is 35.2 Å². The molecule has 0 unspecified atom stereocenters. The molecule has 0 aliphatic heterocycles. The van der Waals surface area contributed by atoms with E-state index in [4.69, 9.17) is 4.74 Å². The van der Waals surface area contributed by atoms with E-state index in [1.54, 1.807) is 23.3 Å². The normalized spacial score (nSPS) is 10.8. The van der Waals surface area contributed by atoms with E-state index in [9.17, 15) is 9.59 Å². The van der Waals surface area contributed by atoms with E-state index in [0.29, 0.717) is 32.7 Å². The molecule has 2 aromatic rings. The van der Waals surface area contributed by atoms with E-state index < -0.39 is 0 Å². The molecule has 2 rings (SSSR count). The average molecular weight is 445 g/mol. The van der Waals surface area contributed by atoms with Crippen molar-refractivity contribution in [3.05, 3.63) is 57.8 Å². The number of amides is 2. The third-order valence-corrected chi connectivity index (χ3v) is 6.33. The number of aryl methyl sites for hydroxylation is 1. The van der Waals surface area contributed by atoms with Gasteiger partial charge in [-0.05, 0) is 42.3 Å². The van der Waals surface area contributed by atoms with Crippen LogP contribution in [0.1, 0.15) is 55.0 Å². The average Bonchev–Trinajstić information content (AvgIpc) is 3.17. The van der Waals surface area contributed by atoms with Crippen LogP contribution >= 0.6 is 11.3 Å². The second-order valence-electron chi connectivity index (χ2n) is 7.88. The molecule has 0 aliphatic carbocycles. The first-order chi connectivity index (χ1) is 15.0. The van der Waals surface area contributed by atoms with Crippen LogP contribution in [0.15, 0.2) is 41.8 Å². The van der Waals surface area contributed by atoms with Gasteiger partial charge in [-0.15, -0.1) is 11.3 Å². The maximum Gasteiger partial charge on any atom is 0.242 e. The van der Waals surface area contributed by atoms with Gasteiger partial charge in [0.2, 0.25) is 11.8 Å². The zero-order valence-electron chi connectivity index (χ0n) is 19.1. The number of benzene rings is 1. The number of rotatable bonds is 14. The summed E-state index contributed by atoms with van der Waals surface area (Å²) in [5, 5.41) is 2.06. The van der Waals surface area contributed by atoms with Crippen molar-refractivity contribution in [1.29, 1.82) is 0 Å². The second kappa shape index (κ2) is 14.0. The largest absolute Gasteiger partial charge is 0.385 e. The van der Waals surface area contributed by atoms with Gasteiger partial charge in [-0.25, -0.2) is 0 Å². The Labute approximate surface area is 191 Å². The maximum atomic E-state index is 13.4. The first kappa shape index (κ1) is 25.1. The quantitative estimate of drug-likeness (QED) is 0.384. The summed E-state index contributed by atoms with van der Waals surface area (Å²) in [6, 6.07) is 12.1. The van der Waals surface area contributed by atoms with E-state index in [1.165, 1.54) is 10.4 Å². The monoisotopic (exact) mass is 444 g/mol. The van der Waals surface area contributed by atoms with Gasteiger partial charge in [-0.1, -0.05) is 50.1 Å². The number of hydrogen-bond acceptors (Lipinski definition) is 4. The summed E-state index contributed by atoms with van der Waals surface area (Å²) in [6.45, 7) is 6.53. The predicted molar refractivity (Wildman–Crippen MR) is 127 cm³/mol. The molecule has 0 N–H and O–H groups in total. The van der Waals surface area contributed by atoms with Crippen LogP contribution in [-0.4, -0.2) is 48.4 Å². The molecular formula is C25H36N2O3S. The highest BCUT2D eigenvalue weighted by molar-refractivity contribution is 7.10. The number of unbranched alkanes of at least 4 members (excludes halogenated alkanes) is 2. The van der Waals surface area contributed by atoms with E-state index in [-0.39, 0.29) is 18.4 Å². The van der Waals surface area contributed by atoms with E-state index in [2.05, 4.69) is 25.3 Å². The summed E-state index contributed by atoms with van der Waals surface area (Å²) < 4.78 is 5.15. The molecule has 0 atom stereocenters. The number of thiophene rings is 1. The zero-order valence-corrected chi connectivity index (χ0v) is 20.0. The van der Waals surface area contributed by atoms with Crippen LogP contribution in [0, 0.1) is 6.92 Å². The molecule has 0 bridgehead atoms. The van der Waals surface area contributed by atoms with Crippen LogP contribution in [0.2, 0.25) is 0 Å². The Hall–Kier alpha value is -2.18. The Morgan fingerprint density at radius 1 is 0.968 bits per heavy atom. The van der Waals surface area contributed by atoms with Crippen molar-refractivity contribution in [2.24, 2.45) is 0 Å². The van der Waals surface area contributed by atoms with Crippen LogP contribution < -0.4 is 0 Å². The number of carbonyl (C=O) groups is 2. The molecule has 0 saturated heterocycles. The zero-order chi connectivity index (χ0) is 22.5. The van der Waals surface area contributed by atoms with Gasteiger partial charge in [-0.3, -0.25) is 9.59 Å². The van der Waals surface area contributed by atoms with Crippen LogP contribution in [0.25, 0.3) is 0 Å². The van der Waals surface area contributed by atoms with Gasteiger partial charge in [0, 0.05) is 38.1 Å². The van der Waals surface area contributed by atoms with Gasteiger partial charge in [0.05, 0.1) is 13.1 Å². The van der Waals surface area contributed by atoms with Gasteiger partial charge in [0.1, 0.15) is 0 Å². The molecule has 0 fully saturated rings. The SMILES string of the molecule is CCCCCC(=O)N(CCCOC)CC(=O)N(Cc1ccccc1)Cc1sccc1C. The van der Waals surface area contributed by atoms with E-state index in [0.717, 1.165) is 31.2 Å². The van der Waals surface area contributed by atoms with Crippen molar-refractivity contribution < 1.29 is 14.3 Å². The lowest BCUT2D eigenvalue weighted by Crippen LogP contribution is -2.43. The molecule has 0 radical (unpaired) electrons. The van der Waals surface area contributed by atoms with Gasteiger partial charge < -0.3 is 14.5 Å². The third kappa shape index (κ3) is 8.83. The van der Waals surface area contributed by atoms with Crippen molar-refractivity contribution in [3.63, 3.8) is 0 Å². The lowest BCUT2D eigenvalue weighted by Gasteiger charge is -2.28. The fourth-order valence-corrected chi connectivity index (χ4v) is 4.34. The Morgan fingerprint density at radius 2 is 1.74 bits per heavy atom. The van der Waals surface area contributed by atoms with Crippen LogP contribution in [-0.2, 0) is 27.4 Å². The molecular weight excluding hydrogens is 408 g/mol. The van der Waals surface area contributed by atoms with Crippen molar-refractivity contribution in [2.45, 2.75) is 59.0 Å². The summed E-state index contributed by atoms with van der Waals surface area (Å²) in [5.74, 6) is 0.0442. The fourth-order valence-electron chi connectivity index (χ4n) is 3.41. The topological polar surface area (TPSA) is 49.9 Å². The number of hydrogen-bond donors (Lipinski definition) is 0. The van der Waals surface area contributed by atoms with E-state index >= 15 is 0 Å². The highest BCUT2D eigenvalue weighted by Crippen LogP contribution is 2.20. The Kier molecular flexibility index (Phi) is 11.3. The lowest BCUT2D eigenvalue weighted by atomic mass is 10.1. The van der Waals surface area contributed by atoms with Crippen molar-refractivity contribution >= 4 is 23.2 Å². The van der Waals surface area contributed by atoms with Crippen LogP contribution in [0.4, 0.5) is 0 Å². The van der Waals surface area contributed by atoms with Crippen molar-refractivity contribution in [3.8, 4) is 0 Å². The number of carbonyl (C=O) groups excluding carboxylic acids is 2. The Morgan fingerprint density at radius 3 is 2.39 bits per heavy atom. The van der Waals surface area contributed by atoms with Gasteiger partial charge in [0.25, 0.3) is 0 Å². The highest BCUT2D eigenvalue weighted by atomic mass is 32.1. The lowest BCUT2D eigenvalue weighted by molar-refractivity contribution is -0.141. The molecule has 5 nitrogen and oxygen atoms in total. The van der Waals surface area contributed by atoms with Crippen LogP contribution in [0.5, 0.6) is 0 Å². The first-order valence-corrected chi connectivity index (χ1v) is 12.0. The molecule has 31 heavy (non-hydrogen) atoms. The summed E-state index contributed by atoms with van der Waals surface area (Å²) in [7, 11) is 1.66. The Balaban J connectivity index is 2.12. The maximum absolute atomic E-state index is 13.4. The molecule has 170 valence electrons. The van der Waals surface area contributed by atoms with Crippen LogP contribution in [0.3, 0.4) is 0 Å². The Bertz CT molecular complexity index is 791. The third-order valence-electron chi connectivity index (χ3n) is 5.32. The molecule has 0 spiro atoms. The number of nitrogens with zero attached hydrogens (tertiary/aromatic N) is 2. The van der Waals surface area contributed by atoms with Crippen molar-refractivity contribution in [1.82, 2.24) is 9.80 Å². The highest BCUT2D eigenvalue weighted by Gasteiger charge is 2.22. The minimum atomic E-state index is -0.0158. The van der Waals surface area contributed by atoms with Gasteiger partial charge in [0.15, 0.2) is 0 Å². The summed E-state index contributed by atoms with van der Waals surface area (Å²) in [4.78, 5) is 31.0. The van der Waals surface area contributed by atoms with Crippen molar-refractivity contribution in [2.75, 3.05) is 26.8 Å². The molecule has 2 amide bonds. The van der Waals surface area contributed by atoms with Gasteiger partial charge in [-0.2, -0.15) is 0 Å². The standard InChI is InChI=1S/C25H36N2O3S/c1-4-5-7-13-24(28)26(15-10-16-30-3)20-25(29)27(18-22-11-8-6-9-12-22)19-23-21(2)14-17-31-23/h6,8-9,11-12,14,17H,4-5,7,10,13,15-16,18-20H2,1-3H3. The minimum Gasteiger partial charge on any atom is -0.385 e. The minimum absolute atomic E-state index is 0.0158. The predicted octanol–water partition coefficient (Wildman–Crippen LogP) is 5.03. The fraction of sp³-hybridized carbons (Fsp3) is 0.520. The summed E-state index contributed by atoms with van der Waals surface area (Å²) in [5.41, 5.74) is 2.29. The molecule has 1 aromatic carbocycles. The molecule has 6 heteroatoms.